The van der Waals surface area contributed by atoms with E-state index >= 15 is 0 Å². The third-order valence-corrected chi connectivity index (χ3v) is 3.14. The Kier molecular flexibility index (Phi) is 5.41. The molecule has 21 heavy (non-hydrogen) atoms. The second kappa shape index (κ2) is 7.50. The number of ether oxygens (including phenoxy) is 1. The third kappa shape index (κ3) is 4.36. The number of halogens is 1. The van der Waals surface area contributed by atoms with Gasteiger partial charge in [-0.25, -0.2) is 0 Å². The maximum Gasteiger partial charge on any atom is 0.258 e. The summed E-state index contributed by atoms with van der Waals surface area (Å²) in [5.41, 5.74) is 2.08. The highest BCUT2D eigenvalue weighted by Crippen LogP contribution is 2.30. The molecule has 3 nitrogen and oxygen atoms in total. The van der Waals surface area contributed by atoms with Crippen LogP contribution in [0.1, 0.15) is 0 Å². The smallest absolute Gasteiger partial charge is 0.258 e. The fourth-order valence-electron chi connectivity index (χ4n) is 1.81. The molecule has 2 aromatic carbocycles. The van der Waals surface area contributed by atoms with Crippen molar-refractivity contribution in [1.29, 1.82) is 0 Å². The molecule has 0 aromatic heterocycles. The molecule has 0 spiro atoms. The average molecular weight is 302 g/mol. The van der Waals surface area contributed by atoms with Gasteiger partial charge in [0.15, 0.2) is 6.61 Å². The van der Waals surface area contributed by atoms with E-state index in [4.69, 9.17) is 16.3 Å². The lowest BCUT2D eigenvalue weighted by Gasteiger charge is -2.09. The number of amides is 1. The molecule has 0 aliphatic heterocycles. The van der Waals surface area contributed by atoms with Crippen molar-refractivity contribution in [3.8, 4) is 16.9 Å². The van der Waals surface area contributed by atoms with Crippen LogP contribution in [0.3, 0.4) is 0 Å². The van der Waals surface area contributed by atoms with Crippen LogP contribution in [0.4, 0.5) is 0 Å². The normalized spacial score (nSPS) is 9.95. The van der Waals surface area contributed by atoms with E-state index in [1.165, 1.54) is 0 Å². The van der Waals surface area contributed by atoms with Crippen LogP contribution in [-0.2, 0) is 4.79 Å². The van der Waals surface area contributed by atoms with Crippen molar-refractivity contribution >= 4 is 17.5 Å². The molecule has 0 bridgehead atoms. The van der Waals surface area contributed by atoms with Gasteiger partial charge in [0.05, 0.1) is 5.02 Å². The van der Waals surface area contributed by atoms with Crippen LogP contribution < -0.4 is 10.1 Å². The topological polar surface area (TPSA) is 38.3 Å². The van der Waals surface area contributed by atoms with E-state index in [2.05, 4.69) is 11.9 Å². The molecular formula is C17H16ClNO2. The zero-order chi connectivity index (χ0) is 15.1. The predicted octanol–water partition coefficient (Wildman–Crippen LogP) is 3.69. The van der Waals surface area contributed by atoms with E-state index in [0.717, 1.165) is 11.1 Å². The number of nitrogens with one attached hydrogen (secondary N) is 1. The van der Waals surface area contributed by atoms with Gasteiger partial charge < -0.3 is 10.1 Å². The van der Waals surface area contributed by atoms with E-state index in [1.807, 2.05) is 42.5 Å². The first kappa shape index (κ1) is 15.1. The molecule has 0 heterocycles. The third-order valence-electron chi connectivity index (χ3n) is 2.84. The first-order valence-corrected chi connectivity index (χ1v) is 6.94. The standard InChI is InChI=1S/C17H16ClNO2/c1-2-10-19-17(20)12-21-16-9-8-14(11-15(16)18)13-6-4-3-5-7-13/h2-9,11H,1,10,12H2,(H,19,20). The molecule has 1 amide bonds. The van der Waals surface area contributed by atoms with Crippen molar-refractivity contribution < 1.29 is 9.53 Å². The van der Waals surface area contributed by atoms with Gasteiger partial charge in [0.1, 0.15) is 5.75 Å². The lowest BCUT2D eigenvalue weighted by atomic mass is 10.1. The van der Waals surface area contributed by atoms with Crippen LogP contribution in [0.5, 0.6) is 5.75 Å². The van der Waals surface area contributed by atoms with Gasteiger partial charge in [0.25, 0.3) is 5.91 Å². The zero-order valence-corrected chi connectivity index (χ0v) is 12.3. The Balaban J connectivity index is 2.03. The minimum atomic E-state index is -0.210. The van der Waals surface area contributed by atoms with Crippen LogP contribution in [0, 0.1) is 0 Å². The van der Waals surface area contributed by atoms with E-state index in [-0.39, 0.29) is 12.5 Å². The molecule has 2 rings (SSSR count). The molecule has 0 aliphatic carbocycles. The second-order valence-corrected chi connectivity index (χ2v) is 4.80. The van der Waals surface area contributed by atoms with E-state index in [1.54, 1.807) is 12.1 Å². The SMILES string of the molecule is C=CCNC(=O)COc1ccc(-c2ccccc2)cc1Cl. The summed E-state index contributed by atoms with van der Waals surface area (Å²) in [5.74, 6) is 0.281. The molecule has 0 unspecified atom stereocenters. The summed E-state index contributed by atoms with van der Waals surface area (Å²) in [5, 5.41) is 3.11. The van der Waals surface area contributed by atoms with Gasteiger partial charge >= 0.3 is 0 Å². The summed E-state index contributed by atoms with van der Waals surface area (Å²) >= 11 is 6.19. The van der Waals surface area contributed by atoms with Crippen LogP contribution in [-0.4, -0.2) is 19.1 Å². The first-order valence-electron chi connectivity index (χ1n) is 6.56. The summed E-state index contributed by atoms with van der Waals surface area (Å²) < 4.78 is 5.41. The van der Waals surface area contributed by atoms with Gasteiger partial charge in [-0.3, -0.25) is 4.79 Å². The first-order chi connectivity index (χ1) is 10.2. The highest BCUT2D eigenvalue weighted by molar-refractivity contribution is 6.32. The minimum Gasteiger partial charge on any atom is -0.482 e. The molecule has 0 atom stereocenters. The van der Waals surface area contributed by atoms with Crippen LogP contribution in [0.15, 0.2) is 61.2 Å². The van der Waals surface area contributed by atoms with Crippen molar-refractivity contribution in [1.82, 2.24) is 5.32 Å². The fraction of sp³-hybridized carbons (Fsp3) is 0.118. The number of rotatable bonds is 6. The van der Waals surface area contributed by atoms with Crippen molar-refractivity contribution in [2.75, 3.05) is 13.2 Å². The van der Waals surface area contributed by atoms with Crippen LogP contribution in [0.25, 0.3) is 11.1 Å². The Bertz CT molecular complexity index is 626. The Labute approximate surface area is 129 Å². The molecule has 4 heteroatoms. The summed E-state index contributed by atoms with van der Waals surface area (Å²) in [6.07, 6.45) is 1.61. The highest BCUT2D eigenvalue weighted by atomic mass is 35.5. The van der Waals surface area contributed by atoms with Gasteiger partial charge in [-0.1, -0.05) is 54.1 Å². The van der Waals surface area contributed by atoms with Crippen LogP contribution >= 0.6 is 11.6 Å². The van der Waals surface area contributed by atoms with E-state index < -0.39 is 0 Å². The Hall–Kier alpha value is -2.26. The van der Waals surface area contributed by atoms with Gasteiger partial charge in [-0.15, -0.1) is 6.58 Å². The molecule has 0 radical (unpaired) electrons. The minimum absolute atomic E-state index is 0.0712. The fourth-order valence-corrected chi connectivity index (χ4v) is 2.04. The van der Waals surface area contributed by atoms with E-state index in [0.29, 0.717) is 17.3 Å². The van der Waals surface area contributed by atoms with E-state index in [9.17, 15) is 4.79 Å². The van der Waals surface area contributed by atoms with Crippen molar-refractivity contribution in [2.45, 2.75) is 0 Å². The lowest BCUT2D eigenvalue weighted by Crippen LogP contribution is -2.28. The largest absolute Gasteiger partial charge is 0.482 e. The number of benzene rings is 2. The van der Waals surface area contributed by atoms with Crippen molar-refractivity contribution in [2.24, 2.45) is 0 Å². The summed E-state index contributed by atoms with van der Waals surface area (Å²) in [6.45, 7) is 3.88. The number of carbonyl (C=O) groups excluding carboxylic acids is 1. The Morgan fingerprint density at radius 1 is 1.19 bits per heavy atom. The molecule has 0 saturated heterocycles. The van der Waals surface area contributed by atoms with Crippen molar-refractivity contribution in [3.05, 3.63) is 66.2 Å². The average Bonchev–Trinajstić information content (AvgIpc) is 2.52. The molecule has 108 valence electrons. The zero-order valence-electron chi connectivity index (χ0n) is 11.5. The summed E-state index contributed by atoms with van der Waals surface area (Å²) in [4.78, 5) is 11.4. The quantitative estimate of drug-likeness (QED) is 0.826. The summed E-state index contributed by atoms with van der Waals surface area (Å²) in [6, 6.07) is 15.4. The molecule has 0 fully saturated rings. The lowest BCUT2D eigenvalue weighted by molar-refractivity contribution is -0.122. The van der Waals surface area contributed by atoms with Crippen LogP contribution in [0.2, 0.25) is 5.02 Å². The second-order valence-electron chi connectivity index (χ2n) is 4.39. The number of hydrogen-bond acceptors (Lipinski definition) is 2. The van der Waals surface area contributed by atoms with Gasteiger partial charge in [0, 0.05) is 6.54 Å². The molecule has 0 aliphatic rings. The molecule has 1 N–H and O–H groups in total. The molecular weight excluding hydrogens is 286 g/mol. The highest BCUT2D eigenvalue weighted by Gasteiger charge is 2.07. The van der Waals surface area contributed by atoms with Crippen molar-refractivity contribution in [3.63, 3.8) is 0 Å². The number of hydrogen-bond donors (Lipinski definition) is 1. The maximum atomic E-state index is 11.4. The Morgan fingerprint density at radius 2 is 1.95 bits per heavy atom. The monoisotopic (exact) mass is 301 g/mol. The molecule has 2 aromatic rings. The number of carbonyl (C=O) groups is 1. The maximum absolute atomic E-state index is 11.4. The van der Waals surface area contributed by atoms with Gasteiger partial charge in [0.2, 0.25) is 0 Å². The predicted molar refractivity (Wildman–Crippen MR) is 85.6 cm³/mol. The Morgan fingerprint density at radius 3 is 2.62 bits per heavy atom. The summed E-state index contributed by atoms with van der Waals surface area (Å²) in [7, 11) is 0. The van der Waals surface area contributed by atoms with Gasteiger partial charge in [-0.05, 0) is 23.3 Å². The van der Waals surface area contributed by atoms with Gasteiger partial charge in [-0.2, -0.15) is 0 Å². The molecule has 0 saturated carbocycles.